The van der Waals surface area contributed by atoms with E-state index in [1.54, 1.807) is 12.1 Å². The first-order valence-corrected chi connectivity index (χ1v) is 7.75. The predicted octanol–water partition coefficient (Wildman–Crippen LogP) is 3.01. The standard InChI is InChI=1S/C15H13ClN2O3S/c16-15-12(7-4-8-17-15)18-13(19)9-21-14(20)10-22-11-5-2-1-3-6-11/h1-8H,9-10H2,(H,18,19). The fourth-order valence-corrected chi connectivity index (χ4v) is 2.40. The molecule has 0 aliphatic carbocycles. The van der Waals surface area contributed by atoms with Crippen LogP contribution in [0.1, 0.15) is 0 Å². The maximum atomic E-state index is 11.7. The van der Waals surface area contributed by atoms with E-state index in [0.717, 1.165) is 4.90 Å². The van der Waals surface area contributed by atoms with Crippen LogP contribution in [-0.2, 0) is 14.3 Å². The van der Waals surface area contributed by atoms with Gasteiger partial charge in [-0.1, -0.05) is 29.8 Å². The molecule has 1 N–H and O–H groups in total. The molecule has 0 saturated carbocycles. The number of carbonyl (C=O) groups excluding carboxylic acids is 2. The smallest absolute Gasteiger partial charge is 0.316 e. The van der Waals surface area contributed by atoms with Crippen LogP contribution < -0.4 is 5.32 Å². The first-order valence-electron chi connectivity index (χ1n) is 6.39. The third-order valence-corrected chi connectivity index (χ3v) is 3.78. The Kier molecular flexibility index (Phi) is 6.24. The highest BCUT2D eigenvalue weighted by Crippen LogP contribution is 2.18. The summed E-state index contributed by atoms with van der Waals surface area (Å²) in [7, 11) is 0. The molecule has 0 aliphatic rings. The predicted molar refractivity (Wildman–Crippen MR) is 86.0 cm³/mol. The highest BCUT2D eigenvalue weighted by molar-refractivity contribution is 8.00. The second-order valence-corrected chi connectivity index (χ2v) is 5.56. The Morgan fingerprint density at radius 1 is 1.18 bits per heavy atom. The van der Waals surface area contributed by atoms with Crippen LogP contribution in [0.2, 0.25) is 5.15 Å². The van der Waals surface area contributed by atoms with Gasteiger partial charge in [0.2, 0.25) is 0 Å². The first kappa shape index (κ1) is 16.3. The van der Waals surface area contributed by atoms with Crippen LogP contribution in [0, 0.1) is 0 Å². The molecule has 114 valence electrons. The molecule has 0 aliphatic heterocycles. The van der Waals surface area contributed by atoms with Gasteiger partial charge in [0.25, 0.3) is 5.91 Å². The minimum Gasteiger partial charge on any atom is -0.455 e. The molecular weight excluding hydrogens is 324 g/mol. The molecule has 1 amide bonds. The van der Waals surface area contributed by atoms with Crippen LogP contribution in [0.3, 0.4) is 0 Å². The number of benzene rings is 1. The Labute approximate surface area is 137 Å². The first-order chi connectivity index (χ1) is 10.6. The van der Waals surface area contributed by atoms with E-state index in [4.69, 9.17) is 16.3 Å². The molecule has 0 fully saturated rings. The summed E-state index contributed by atoms with van der Waals surface area (Å²) in [5, 5.41) is 2.70. The Morgan fingerprint density at radius 3 is 2.68 bits per heavy atom. The molecule has 0 saturated heterocycles. The van der Waals surface area contributed by atoms with E-state index in [9.17, 15) is 9.59 Å². The molecule has 1 aromatic heterocycles. The number of amides is 1. The third kappa shape index (κ3) is 5.38. The third-order valence-electron chi connectivity index (χ3n) is 2.50. The highest BCUT2D eigenvalue weighted by Gasteiger charge is 2.10. The summed E-state index contributed by atoms with van der Waals surface area (Å²) < 4.78 is 4.90. The summed E-state index contributed by atoms with van der Waals surface area (Å²) >= 11 is 7.16. The number of pyridine rings is 1. The second kappa shape index (κ2) is 8.41. The van der Waals surface area contributed by atoms with Crippen LogP contribution in [0.25, 0.3) is 0 Å². The lowest BCUT2D eigenvalue weighted by Gasteiger charge is -2.07. The van der Waals surface area contributed by atoms with Gasteiger partial charge in [0.05, 0.1) is 11.4 Å². The minimum atomic E-state index is -0.465. The van der Waals surface area contributed by atoms with Crippen molar-refractivity contribution in [1.82, 2.24) is 4.98 Å². The number of ether oxygens (including phenoxy) is 1. The monoisotopic (exact) mass is 336 g/mol. The number of thioether (sulfide) groups is 1. The van der Waals surface area contributed by atoms with E-state index in [-0.39, 0.29) is 17.5 Å². The molecule has 0 bridgehead atoms. The molecule has 0 radical (unpaired) electrons. The van der Waals surface area contributed by atoms with Gasteiger partial charge >= 0.3 is 5.97 Å². The normalized spacial score (nSPS) is 10.0. The molecule has 7 heteroatoms. The van der Waals surface area contributed by atoms with Crippen molar-refractivity contribution in [2.75, 3.05) is 17.7 Å². The number of nitrogens with one attached hydrogen (secondary N) is 1. The van der Waals surface area contributed by atoms with Gasteiger partial charge in [-0.3, -0.25) is 9.59 Å². The van der Waals surface area contributed by atoms with E-state index in [2.05, 4.69) is 10.3 Å². The van der Waals surface area contributed by atoms with Crippen molar-refractivity contribution in [3.8, 4) is 0 Å². The molecule has 5 nitrogen and oxygen atoms in total. The zero-order chi connectivity index (χ0) is 15.8. The second-order valence-electron chi connectivity index (χ2n) is 4.15. The summed E-state index contributed by atoms with van der Waals surface area (Å²) in [5.41, 5.74) is 0.379. The van der Waals surface area contributed by atoms with E-state index < -0.39 is 11.9 Å². The van der Waals surface area contributed by atoms with Gasteiger partial charge in [0.15, 0.2) is 11.8 Å². The fourth-order valence-electron chi connectivity index (χ4n) is 1.51. The number of hydrogen-bond donors (Lipinski definition) is 1. The van der Waals surface area contributed by atoms with Crippen molar-refractivity contribution in [3.05, 3.63) is 53.8 Å². The zero-order valence-corrected chi connectivity index (χ0v) is 13.1. The topological polar surface area (TPSA) is 68.3 Å². The highest BCUT2D eigenvalue weighted by atomic mass is 35.5. The van der Waals surface area contributed by atoms with Gasteiger partial charge in [-0.15, -0.1) is 11.8 Å². The summed E-state index contributed by atoms with van der Waals surface area (Å²) in [4.78, 5) is 28.0. The number of esters is 1. The van der Waals surface area contributed by atoms with Crippen LogP contribution in [0.5, 0.6) is 0 Å². The average molecular weight is 337 g/mol. The van der Waals surface area contributed by atoms with Crippen molar-refractivity contribution in [2.45, 2.75) is 4.90 Å². The van der Waals surface area contributed by atoms with E-state index in [0.29, 0.717) is 5.69 Å². The average Bonchev–Trinajstić information content (AvgIpc) is 2.54. The Balaban J connectivity index is 1.72. The summed E-state index contributed by atoms with van der Waals surface area (Å²) in [6, 6.07) is 12.7. The van der Waals surface area contributed by atoms with Crippen LogP contribution in [0.15, 0.2) is 53.6 Å². The van der Waals surface area contributed by atoms with Crippen molar-refractivity contribution >= 4 is 40.9 Å². The van der Waals surface area contributed by atoms with Crippen molar-refractivity contribution in [2.24, 2.45) is 0 Å². The van der Waals surface area contributed by atoms with E-state index >= 15 is 0 Å². The van der Waals surface area contributed by atoms with Crippen LogP contribution in [-0.4, -0.2) is 29.2 Å². The fraction of sp³-hybridized carbons (Fsp3) is 0.133. The molecular formula is C15H13ClN2O3S. The molecule has 2 aromatic rings. The Bertz CT molecular complexity index is 652. The number of hydrogen-bond acceptors (Lipinski definition) is 5. The molecule has 22 heavy (non-hydrogen) atoms. The molecule has 1 aromatic carbocycles. The number of carbonyl (C=O) groups is 2. The number of halogens is 1. The summed E-state index contributed by atoms with van der Waals surface area (Å²) in [6.07, 6.45) is 1.51. The largest absolute Gasteiger partial charge is 0.455 e. The van der Waals surface area contributed by atoms with E-state index in [1.807, 2.05) is 30.3 Å². The lowest BCUT2D eigenvalue weighted by molar-refractivity contribution is -0.144. The van der Waals surface area contributed by atoms with Crippen LogP contribution in [0.4, 0.5) is 5.69 Å². The Morgan fingerprint density at radius 2 is 1.95 bits per heavy atom. The summed E-state index contributed by atoms with van der Waals surface area (Å²) in [5.74, 6) is -0.778. The van der Waals surface area contributed by atoms with Gasteiger partial charge in [0, 0.05) is 11.1 Å². The maximum Gasteiger partial charge on any atom is 0.316 e. The molecule has 0 atom stereocenters. The number of nitrogens with zero attached hydrogens (tertiary/aromatic N) is 1. The van der Waals surface area contributed by atoms with Gasteiger partial charge in [0.1, 0.15) is 0 Å². The number of anilines is 1. The van der Waals surface area contributed by atoms with Gasteiger partial charge < -0.3 is 10.1 Å². The quantitative estimate of drug-likeness (QED) is 0.499. The lowest BCUT2D eigenvalue weighted by atomic mass is 10.4. The molecule has 1 heterocycles. The Hall–Kier alpha value is -2.05. The SMILES string of the molecule is O=C(COC(=O)CSc1ccccc1)Nc1cccnc1Cl. The number of aromatic nitrogens is 1. The molecule has 2 rings (SSSR count). The zero-order valence-electron chi connectivity index (χ0n) is 11.5. The molecule has 0 unspecified atom stereocenters. The summed E-state index contributed by atoms with van der Waals surface area (Å²) in [6.45, 7) is -0.362. The minimum absolute atomic E-state index is 0.144. The van der Waals surface area contributed by atoms with Crippen molar-refractivity contribution < 1.29 is 14.3 Å². The lowest BCUT2D eigenvalue weighted by Crippen LogP contribution is -2.21. The van der Waals surface area contributed by atoms with Gasteiger partial charge in [-0.25, -0.2) is 4.98 Å². The van der Waals surface area contributed by atoms with Crippen molar-refractivity contribution in [3.63, 3.8) is 0 Å². The van der Waals surface area contributed by atoms with Crippen LogP contribution >= 0.6 is 23.4 Å². The molecule has 0 spiro atoms. The van der Waals surface area contributed by atoms with Gasteiger partial charge in [-0.05, 0) is 24.3 Å². The number of rotatable bonds is 6. The maximum absolute atomic E-state index is 11.7. The van der Waals surface area contributed by atoms with E-state index in [1.165, 1.54) is 18.0 Å². The van der Waals surface area contributed by atoms with Crippen molar-refractivity contribution in [1.29, 1.82) is 0 Å². The van der Waals surface area contributed by atoms with Gasteiger partial charge in [-0.2, -0.15) is 0 Å².